The second kappa shape index (κ2) is 12.3. The molecule has 0 aliphatic carbocycles. The van der Waals surface area contributed by atoms with Crippen molar-refractivity contribution < 1.29 is 10.2 Å². The Morgan fingerprint density at radius 3 is 1.17 bits per heavy atom. The fourth-order valence-corrected chi connectivity index (χ4v) is 5.54. The van der Waals surface area contributed by atoms with E-state index in [1.165, 1.54) is 11.1 Å². The average molecular weight is 566 g/mol. The van der Waals surface area contributed by atoms with Gasteiger partial charge in [0.2, 0.25) is 0 Å². The maximum absolute atomic E-state index is 11.4. The molecule has 1 fully saturated rings. The van der Waals surface area contributed by atoms with E-state index in [0.29, 0.717) is 24.6 Å². The average Bonchev–Trinajstić information content (AvgIpc) is 2.91. The third kappa shape index (κ3) is 8.72. The topological polar surface area (TPSA) is 59.0 Å². The van der Waals surface area contributed by atoms with Crippen LogP contribution in [0.15, 0.2) is 24.3 Å². The Kier molecular flexibility index (Phi) is 10.00. The van der Waals surface area contributed by atoms with Crippen molar-refractivity contribution in [3.63, 3.8) is 0 Å². The Balaban J connectivity index is 1.89. The summed E-state index contributed by atoms with van der Waals surface area (Å²) in [6.45, 7) is 33.4. The van der Waals surface area contributed by atoms with Crippen LogP contribution in [0.5, 0.6) is 11.5 Å². The van der Waals surface area contributed by atoms with Gasteiger partial charge in [-0.15, -0.1) is 0 Å². The molecule has 0 spiro atoms. The summed E-state index contributed by atoms with van der Waals surface area (Å²) >= 11 is 0. The van der Waals surface area contributed by atoms with E-state index in [1.54, 1.807) is 0 Å². The summed E-state index contributed by atoms with van der Waals surface area (Å²) in [5.41, 5.74) is 6.33. The van der Waals surface area contributed by atoms with Gasteiger partial charge in [0.1, 0.15) is 11.5 Å². The molecule has 0 amide bonds. The molecule has 230 valence electrons. The summed E-state index contributed by atoms with van der Waals surface area (Å²) < 4.78 is 0. The van der Waals surface area contributed by atoms with E-state index in [9.17, 15) is 10.2 Å². The molecule has 3 rings (SSSR count). The van der Waals surface area contributed by atoms with Crippen molar-refractivity contribution in [3.05, 3.63) is 57.6 Å². The highest BCUT2D eigenvalue weighted by Crippen LogP contribution is 2.39. The van der Waals surface area contributed by atoms with Crippen molar-refractivity contribution in [1.82, 2.24) is 15.1 Å². The van der Waals surface area contributed by atoms with Gasteiger partial charge in [-0.3, -0.25) is 9.80 Å². The van der Waals surface area contributed by atoms with Crippen LogP contribution in [0.1, 0.15) is 116 Å². The van der Waals surface area contributed by atoms with Crippen LogP contribution in [-0.2, 0) is 34.7 Å². The van der Waals surface area contributed by atoms with Gasteiger partial charge in [-0.2, -0.15) is 0 Å². The molecule has 0 saturated carbocycles. The van der Waals surface area contributed by atoms with Crippen molar-refractivity contribution in [3.8, 4) is 11.5 Å². The number of phenols is 2. The van der Waals surface area contributed by atoms with Crippen LogP contribution >= 0.6 is 0 Å². The van der Waals surface area contributed by atoms with Gasteiger partial charge in [0.15, 0.2) is 0 Å². The summed E-state index contributed by atoms with van der Waals surface area (Å²) in [4.78, 5) is 4.93. The Hall–Kier alpha value is -2.08. The van der Waals surface area contributed by atoms with Gasteiger partial charge < -0.3 is 15.5 Å². The molecule has 0 atom stereocenters. The van der Waals surface area contributed by atoms with Crippen LogP contribution < -0.4 is 5.32 Å². The van der Waals surface area contributed by atoms with E-state index in [4.69, 9.17) is 0 Å². The smallest absolute Gasteiger partial charge is 0.123 e. The van der Waals surface area contributed by atoms with Crippen molar-refractivity contribution >= 4 is 0 Å². The van der Waals surface area contributed by atoms with Crippen LogP contribution in [0.4, 0.5) is 0 Å². The molecule has 3 N–H and O–H groups in total. The van der Waals surface area contributed by atoms with Crippen molar-refractivity contribution in [2.24, 2.45) is 0 Å². The largest absolute Gasteiger partial charge is 0.507 e. The van der Waals surface area contributed by atoms with Crippen molar-refractivity contribution in [2.75, 3.05) is 39.3 Å². The number of phenolic OH excluding ortho intramolecular Hbond substituents is 2. The first-order valence-corrected chi connectivity index (χ1v) is 15.6. The summed E-state index contributed by atoms with van der Waals surface area (Å²) in [6, 6.07) is 8.83. The Labute approximate surface area is 251 Å². The first-order valence-electron chi connectivity index (χ1n) is 15.6. The molecule has 1 aliphatic rings. The Morgan fingerprint density at radius 2 is 0.878 bits per heavy atom. The monoisotopic (exact) mass is 565 g/mol. The van der Waals surface area contributed by atoms with Gasteiger partial charge in [-0.05, 0) is 43.9 Å². The summed E-state index contributed by atoms with van der Waals surface area (Å²) in [7, 11) is 0. The molecule has 2 aromatic rings. The molecule has 0 bridgehead atoms. The molecule has 1 aliphatic heterocycles. The standard InChI is InChI=1S/C36H59N3O2/c1-33(2,3)27-19-25(31(40)29(21-27)35(7,8)9)23-38-15-13-37-14-16-39(18-17-38)24-26-20-28(34(4,5)6)22-30(32(26)41)36(10,11)12/h19-22,37,40-41H,13-18,23-24H2,1-12H3. The zero-order valence-corrected chi connectivity index (χ0v) is 28.3. The fraction of sp³-hybridized carbons (Fsp3) is 0.667. The predicted molar refractivity (Wildman–Crippen MR) is 174 cm³/mol. The lowest BCUT2D eigenvalue weighted by molar-refractivity contribution is 0.206. The van der Waals surface area contributed by atoms with Crippen LogP contribution in [0.25, 0.3) is 0 Å². The minimum Gasteiger partial charge on any atom is -0.507 e. The fourth-order valence-electron chi connectivity index (χ4n) is 5.54. The van der Waals surface area contributed by atoms with Gasteiger partial charge >= 0.3 is 0 Å². The molecular weight excluding hydrogens is 506 g/mol. The van der Waals surface area contributed by atoms with Gasteiger partial charge in [0, 0.05) is 63.5 Å². The third-order valence-electron chi connectivity index (χ3n) is 8.46. The van der Waals surface area contributed by atoms with Gasteiger partial charge in [-0.25, -0.2) is 0 Å². The molecule has 41 heavy (non-hydrogen) atoms. The lowest BCUT2D eigenvalue weighted by atomic mass is 9.79. The van der Waals surface area contributed by atoms with Crippen LogP contribution in [-0.4, -0.2) is 59.3 Å². The second-order valence-corrected chi connectivity index (χ2v) is 16.4. The van der Waals surface area contributed by atoms with E-state index in [0.717, 1.165) is 61.5 Å². The lowest BCUT2D eigenvalue weighted by Gasteiger charge is -2.31. The Morgan fingerprint density at radius 1 is 0.537 bits per heavy atom. The van der Waals surface area contributed by atoms with Gasteiger partial charge in [0.25, 0.3) is 0 Å². The highest BCUT2D eigenvalue weighted by molar-refractivity contribution is 5.50. The first-order chi connectivity index (χ1) is 18.7. The van der Waals surface area contributed by atoms with Crippen molar-refractivity contribution in [2.45, 2.75) is 118 Å². The van der Waals surface area contributed by atoms with E-state index in [-0.39, 0.29) is 21.7 Å². The zero-order valence-electron chi connectivity index (χ0n) is 28.3. The van der Waals surface area contributed by atoms with Crippen LogP contribution in [0.3, 0.4) is 0 Å². The minimum atomic E-state index is -0.137. The SMILES string of the molecule is CC(C)(C)c1cc(CN2CCNCCN(Cc3cc(C(C)(C)C)cc(C(C)(C)C)c3O)CC2)c(O)c(C(C)(C)C)c1. The second-order valence-electron chi connectivity index (χ2n) is 16.4. The lowest BCUT2D eigenvalue weighted by Crippen LogP contribution is -2.35. The van der Waals surface area contributed by atoms with Crippen LogP contribution in [0.2, 0.25) is 0 Å². The number of hydrogen-bond donors (Lipinski definition) is 3. The van der Waals surface area contributed by atoms with E-state index in [1.807, 2.05) is 0 Å². The molecule has 1 heterocycles. The summed E-state index contributed by atoms with van der Waals surface area (Å²) in [6.07, 6.45) is 0. The molecule has 1 saturated heterocycles. The molecule has 0 unspecified atom stereocenters. The molecule has 0 aromatic heterocycles. The molecule has 5 nitrogen and oxygen atoms in total. The van der Waals surface area contributed by atoms with Gasteiger partial charge in [0.05, 0.1) is 0 Å². The normalized spacial score (nSPS) is 17.3. The number of hydrogen-bond acceptors (Lipinski definition) is 5. The highest BCUT2D eigenvalue weighted by Gasteiger charge is 2.28. The molecular formula is C36H59N3O2. The van der Waals surface area contributed by atoms with Crippen LogP contribution in [0, 0.1) is 0 Å². The molecule has 5 heteroatoms. The first kappa shape index (κ1) is 33.4. The number of rotatable bonds is 4. The predicted octanol–water partition coefficient (Wildman–Crippen LogP) is 7.20. The van der Waals surface area contributed by atoms with E-state index >= 15 is 0 Å². The number of aromatic hydroxyl groups is 2. The van der Waals surface area contributed by atoms with Gasteiger partial charge in [-0.1, -0.05) is 107 Å². The van der Waals surface area contributed by atoms with E-state index in [2.05, 4.69) is 122 Å². The quantitative estimate of drug-likeness (QED) is 0.366. The van der Waals surface area contributed by atoms with Crippen molar-refractivity contribution in [1.29, 1.82) is 0 Å². The number of nitrogens with zero attached hydrogens (tertiary/aromatic N) is 2. The third-order valence-corrected chi connectivity index (χ3v) is 8.46. The summed E-state index contributed by atoms with van der Waals surface area (Å²) in [5, 5.41) is 26.4. The maximum Gasteiger partial charge on any atom is 0.123 e. The Bertz CT molecular complexity index is 1100. The zero-order chi connectivity index (χ0) is 31.0. The van der Waals surface area contributed by atoms with E-state index < -0.39 is 0 Å². The maximum atomic E-state index is 11.4. The molecule has 0 radical (unpaired) electrons. The molecule has 2 aromatic carbocycles. The number of benzene rings is 2. The summed E-state index contributed by atoms with van der Waals surface area (Å²) in [5.74, 6) is 0.877. The highest BCUT2D eigenvalue weighted by atomic mass is 16.3. The minimum absolute atomic E-state index is 0.00402. The number of nitrogens with one attached hydrogen (secondary N) is 1.